The maximum atomic E-state index is 6.55. The van der Waals surface area contributed by atoms with Gasteiger partial charge in [0.15, 0.2) is 0 Å². The summed E-state index contributed by atoms with van der Waals surface area (Å²) in [6.45, 7) is 0.771. The van der Waals surface area contributed by atoms with Crippen LogP contribution < -0.4 is 0 Å². The van der Waals surface area contributed by atoms with Gasteiger partial charge in [0.25, 0.3) is 0 Å². The van der Waals surface area contributed by atoms with Crippen LogP contribution in [-0.4, -0.2) is 27.3 Å². The van der Waals surface area contributed by atoms with Crippen LogP contribution in [0.2, 0.25) is 15.1 Å². The first-order valence-electron chi connectivity index (χ1n) is 8.72. The zero-order chi connectivity index (χ0) is 20.0. The molecule has 0 N–H and O–H groups in total. The quantitative estimate of drug-likeness (QED) is 0.383. The molecule has 1 atom stereocenters. The first kappa shape index (κ1) is 18.9. The lowest BCUT2D eigenvalue weighted by atomic mass is 9.91. The number of hydrogen-bond acceptors (Lipinski definition) is 5. The molecule has 4 aromatic rings. The molecule has 3 heterocycles. The van der Waals surface area contributed by atoms with Gasteiger partial charge in [-0.05, 0) is 35.7 Å². The second-order valence-corrected chi connectivity index (χ2v) is 9.11. The lowest BCUT2D eigenvalue weighted by molar-refractivity contribution is 0.230. The first-order chi connectivity index (χ1) is 14.0. The van der Waals surface area contributed by atoms with Crippen molar-refractivity contribution in [3.8, 4) is 0 Å². The third-order valence-electron chi connectivity index (χ3n) is 4.78. The standard InChI is InChI=1S/C20H13Cl3N4OS/c21-13-3-4-15(16(23)6-13)20(8-27-11-24-10-25-27)9-28-19(26-20)18-5-12-1-2-14(22)7-17(12)29-18/h1-7,10-11H,8-9H2. The highest BCUT2D eigenvalue weighted by Crippen LogP contribution is 2.40. The molecule has 9 heteroatoms. The Morgan fingerprint density at radius 2 is 1.90 bits per heavy atom. The number of thiophene rings is 1. The number of aliphatic imine (C=N–C) groups is 1. The second kappa shape index (κ2) is 7.29. The van der Waals surface area contributed by atoms with E-state index in [1.54, 1.807) is 34.5 Å². The Morgan fingerprint density at radius 3 is 2.69 bits per heavy atom. The Labute approximate surface area is 185 Å². The average Bonchev–Trinajstić information content (AvgIpc) is 3.41. The van der Waals surface area contributed by atoms with Crippen LogP contribution in [0.3, 0.4) is 0 Å². The summed E-state index contributed by atoms with van der Waals surface area (Å²) in [6.07, 6.45) is 3.15. The second-order valence-electron chi connectivity index (χ2n) is 6.75. The van der Waals surface area contributed by atoms with Gasteiger partial charge in [-0.15, -0.1) is 11.3 Å². The summed E-state index contributed by atoms with van der Waals surface area (Å²) in [7, 11) is 0. The highest BCUT2D eigenvalue weighted by atomic mass is 35.5. The molecule has 2 aromatic carbocycles. The number of fused-ring (bicyclic) bond motifs is 1. The van der Waals surface area contributed by atoms with E-state index < -0.39 is 5.54 Å². The maximum absolute atomic E-state index is 6.55. The van der Waals surface area contributed by atoms with E-state index in [4.69, 9.17) is 44.5 Å². The molecular formula is C20H13Cl3N4OS. The average molecular weight is 464 g/mol. The summed E-state index contributed by atoms with van der Waals surface area (Å²) in [4.78, 5) is 9.97. The van der Waals surface area contributed by atoms with Crippen LogP contribution in [0.5, 0.6) is 0 Å². The van der Waals surface area contributed by atoms with Gasteiger partial charge >= 0.3 is 0 Å². The van der Waals surface area contributed by atoms with Crippen molar-refractivity contribution in [1.29, 1.82) is 0 Å². The Balaban J connectivity index is 1.62. The van der Waals surface area contributed by atoms with Crippen LogP contribution in [0.1, 0.15) is 10.4 Å². The van der Waals surface area contributed by atoms with Gasteiger partial charge in [-0.2, -0.15) is 5.10 Å². The Bertz CT molecular complexity index is 1240. The highest BCUT2D eigenvalue weighted by molar-refractivity contribution is 7.20. The lowest BCUT2D eigenvalue weighted by Gasteiger charge is -2.25. The fraction of sp³-hybridized carbons (Fsp3) is 0.150. The van der Waals surface area contributed by atoms with E-state index in [2.05, 4.69) is 16.1 Å². The van der Waals surface area contributed by atoms with Crippen molar-refractivity contribution in [2.24, 2.45) is 4.99 Å². The molecule has 0 aliphatic carbocycles. The van der Waals surface area contributed by atoms with Crippen molar-refractivity contribution in [3.05, 3.63) is 80.6 Å². The molecule has 2 aromatic heterocycles. The van der Waals surface area contributed by atoms with Crippen LogP contribution in [0, 0.1) is 0 Å². The number of hydrogen-bond donors (Lipinski definition) is 0. The minimum Gasteiger partial charge on any atom is -0.474 e. The minimum absolute atomic E-state index is 0.332. The third kappa shape index (κ3) is 3.51. The van der Waals surface area contributed by atoms with Crippen molar-refractivity contribution < 1.29 is 4.74 Å². The number of halogens is 3. The molecule has 146 valence electrons. The molecule has 0 saturated carbocycles. The van der Waals surface area contributed by atoms with Crippen molar-refractivity contribution in [3.63, 3.8) is 0 Å². The van der Waals surface area contributed by atoms with Crippen molar-refractivity contribution in [1.82, 2.24) is 14.8 Å². The summed E-state index contributed by atoms with van der Waals surface area (Å²) >= 11 is 20.4. The monoisotopic (exact) mass is 462 g/mol. The van der Waals surface area contributed by atoms with Crippen molar-refractivity contribution >= 4 is 62.1 Å². The molecular weight excluding hydrogens is 451 g/mol. The minimum atomic E-state index is -0.738. The summed E-state index contributed by atoms with van der Waals surface area (Å²) in [6, 6.07) is 13.3. The van der Waals surface area contributed by atoms with Crippen LogP contribution in [0.25, 0.3) is 10.1 Å². The fourth-order valence-corrected chi connectivity index (χ4v) is 5.30. The fourth-order valence-electron chi connectivity index (χ4n) is 3.44. The smallest absolute Gasteiger partial charge is 0.227 e. The van der Waals surface area contributed by atoms with E-state index in [1.165, 1.54) is 6.33 Å². The summed E-state index contributed by atoms with van der Waals surface area (Å²) in [5, 5.41) is 7.14. The molecule has 5 nitrogen and oxygen atoms in total. The van der Waals surface area contributed by atoms with Gasteiger partial charge in [0, 0.05) is 25.3 Å². The maximum Gasteiger partial charge on any atom is 0.227 e. The van der Waals surface area contributed by atoms with E-state index >= 15 is 0 Å². The zero-order valence-electron chi connectivity index (χ0n) is 14.8. The third-order valence-corrected chi connectivity index (χ3v) is 6.65. The molecule has 1 unspecified atom stereocenters. The van der Waals surface area contributed by atoms with Gasteiger partial charge in [-0.3, -0.25) is 4.68 Å². The summed E-state index contributed by atoms with van der Waals surface area (Å²) in [5.41, 5.74) is 0.0941. The Hall–Kier alpha value is -2.12. The van der Waals surface area contributed by atoms with Gasteiger partial charge in [0.05, 0.1) is 11.4 Å². The summed E-state index contributed by atoms with van der Waals surface area (Å²) < 4.78 is 8.89. The number of benzene rings is 2. The molecule has 5 rings (SSSR count). The molecule has 0 bridgehead atoms. The molecule has 0 radical (unpaired) electrons. The van der Waals surface area contributed by atoms with Gasteiger partial charge in [0.2, 0.25) is 5.90 Å². The largest absolute Gasteiger partial charge is 0.474 e. The van der Waals surface area contributed by atoms with Gasteiger partial charge in [-0.25, -0.2) is 9.98 Å². The van der Waals surface area contributed by atoms with Crippen molar-refractivity contribution in [2.45, 2.75) is 12.1 Å². The van der Waals surface area contributed by atoms with Crippen molar-refractivity contribution in [2.75, 3.05) is 6.61 Å². The first-order valence-corrected chi connectivity index (χ1v) is 10.7. The predicted molar refractivity (Wildman–Crippen MR) is 117 cm³/mol. The molecule has 0 fully saturated rings. The Morgan fingerprint density at radius 1 is 1.07 bits per heavy atom. The Kier molecular flexibility index (Phi) is 4.75. The molecule has 0 spiro atoms. The molecule has 29 heavy (non-hydrogen) atoms. The lowest BCUT2D eigenvalue weighted by Crippen LogP contribution is -2.32. The molecule has 1 aliphatic rings. The van der Waals surface area contributed by atoms with Crippen LogP contribution >= 0.6 is 46.1 Å². The number of nitrogens with zero attached hydrogens (tertiary/aromatic N) is 4. The summed E-state index contributed by atoms with van der Waals surface area (Å²) in [5.74, 6) is 0.577. The van der Waals surface area contributed by atoms with E-state index in [9.17, 15) is 0 Å². The zero-order valence-corrected chi connectivity index (χ0v) is 17.9. The van der Waals surface area contributed by atoms with E-state index in [-0.39, 0.29) is 0 Å². The molecule has 1 aliphatic heterocycles. The normalized spacial score (nSPS) is 18.8. The number of rotatable bonds is 4. The number of ether oxygens (including phenoxy) is 1. The molecule has 0 amide bonds. The van der Waals surface area contributed by atoms with E-state index in [0.717, 1.165) is 20.5 Å². The SMILES string of the molecule is Clc1ccc(C2(Cn3cncn3)COC(c3cc4ccc(Cl)cc4s3)=N2)c(Cl)c1. The van der Waals surface area contributed by atoms with Crippen LogP contribution in [0.4, 0.5) is 0 Å². The van der Waals surface area contributed by atoms with Gasteiger partial charge in [0.1, 0.15) is 24.8 Å². The number of aromatic nitrogens is 3. The molecule has 0 saturated heterocycles. The van der Waals surface area contributed by atoms with Gasteiger partial charge < -0.3 is 4.74 Å². The van der Waals surface area contributed by atoms with Crippen LogP contribution in [0.15, 0.2) is 60.1 Å². The topological polar surface area (TPSA) is 52.3 Å². The van der Waals surface area contributed by atoms with Crippen LogP contribution in [-0.2, 0) is 16.8 Å². The van der Waals surface area contributed by atoms with Gasteiger partial charge in [-0.1, -0.05) is 46.9 Å². The highest BCUT2D eigenvalue weighted by Gasteiger charge is 2.41. The predicted octanol–water partition coefficient (Wildman–Crippen LogP) is 5.83. The van der Waals surface area contributed by atoms with E-state index in [1.807, 2.05) is 24.3 Å². The van der Waals surface area contributed by atoms with E-state index in [0.29, 0.717) is 34.1 Å².